The van der Waals surface area contributed by atoms with Crippen LogP contribution in [0, 0.1) is 0 Å². The lowest BCUT2D eigenvalue weighted by molar-refractivity contribution is -0.142. The van der Waals surface area contributed by atoms with Crippen LogP contribution in [0.3, 0.4) is 0 Å². The van der Waals surface area contributed by atoms with E-state index in [1.807, 2.05) is 0 Å². The highest BCUT2D eigenvalue weighted by atomic mass is 31.2. The predicted molar refractivity (Wildman–Crippen MR) is 111 cm³/mol. The number of phosphoric acid groups is 1. The number of rotatable bonds is 9. The molecule has 0 aliphatic carbocycles. The summed E-state index contributed by atoms with van der Waals surface area (Å²) in [7, 11) is -3.32. The fourth-order valence-electron chi connectivity index (χ4n) is 2.58. The molecule has 0 aromatic heterocycles. The quantitative estimate of drug-likeness (QED) is 0.301. The maximum atomic E-state index is 13.0. The zero-order chi connectivity index (χ0) is 22.3. The van der Waals surface area contributed by atoms with Gasteiger partial charge in [-0.2, -0.15) is 0 Å². The van der Waals surface area contributed by atoms with Crippen LogP contribution in [0.15, 0.2) is 78.9 Å². The van der Waals surface area contributed by atoms with Gasteiger partial charge < -0.3 is 18.5 Å². The Kier molecular flexibility index (Phi) is 7.07. The van der Waals surface area contributed by atoms with Crippen LogP contribution in [0.4, 0.5) is 0 Å². The van der Waals surface area contributed by atoms with Crippen molar-refractivity contribution in [2.75, 3.05) is 13.7 Å². The maximum absolute atomic E-state index is 13.0. The van der Waals surface area contributed by atoms with Gasteiger partial charge in [-0.05, 0) is 30.3 Å². The van der Waals surface area contributed by atoms with E-state index in [-0.39, 0.29) is 22.8 Å². The molecule has 0 aliphatic rings. The second-order valence-corrected chi connectivity index (χ2v) is 7.48. The molecular formula is C22H19O8P. The Hall–Kier alpha value is -3.61. The third-order valence-electron chi connectivity index (χ3n) is 3.99. The van der Waals surface area contributed by atoms with E-state index in [2.05, 4.69) is 4.74 Å². The molecule has 0 amide bonds. The molecule has 3 aromatic rings. The fraction of sp³-hybridized carbons (Fsp3) is 0.0909. The van der Waals surface area contributed by atoms with Crippen molar-refractivity contribution in [1.82, 2.24) is 0 Å². The molecule has 1 atom stereocenters. The smallest absolute Gasteiger partial charge is 0.481 e. The Morgan fingerprint density at radius 3 is 2.13 bits per heavy atom. The van der Waals surface area contributed by atoms with Crippen molar-refractivity contribution in [2.45, 2.75) is 0 Å². The first-order valence-electron chi connectivity index (χ1n) is 9.08. The summed E-state index contributed by atoms with van der Waals surface area (Å²) in [6, 6.07) is 20.3. The van der Waals surface area contributed by atoms with E-state index in [0.717, 1.165) is 0 Å². The number of para-hydroxylation sites is 1. The van der Waals surface area contributed by atoms with E-state index < -0.39 is 26.2 Å². The average molecular weight is 442 g/mol. The number of carbonyl (C=O) groups is 2. The summed E-state index contributed by atoms with van der Waals surface area (Å²) in [6.45, 7) is -0.415. The zero-order valence-electron chi connectivity index (χ0n) is 16.5. The molecule has 3 aromatic carbocycles. The van der Waals surface area contributed by atoms with E-state index in [0.29, 0.717) is 5.56 Å². The second kappa shape index (κ2) is 9.93. The summed E-state index contributed by atoms with van der Waals surface area (Å²) in [5, 5.41) is 0. The number of benzene rings is 3. The van der Waals surface area contributed by atoms with Gasteiger partial charge >= 0.3 is 13.8 Å². The fourth-order valence-corrected chi connectivity index (χ4v) is 3.38. The van der Waals surface area contributed by atoms with Crippen LogP contribution >= 0.6 is 7.82 Å². The lowest BCUT2D eigenvalue weighted by Crippen LogP contribution is -2.14. The van der Waals surface area contributed by atoms with Crippen molar-refractivity contribution >= 4 is 19.6 Å². The van der Waals surface area contributed by atoms with Gasteiger partial charge in [0.2, 0.25) is 0 Å². The van der Waals surface area contributed by atoms with Gasteiger partial charge in [0.05, 0.1) is 12.7 Å². The second-order valence-electron chi connectivity index (χ2n) is 6.18. The van der Waals surface area contributed by atoms with Crippen LogP contribution in [-0.4, -0.2) is 30.4 Å². The van der Waals surface area contributed by atoms with Crippen LogP contribution in [0.2, 0.25) is 0 Å². The lowest BCUT2D eigenvalue weighted by atomic mass is 10.0. The number of esters is 1. The predicted octanol–water partition coefficient (Wildman–Crippen LogP) is 4.03. The molecule has 1 N–H and O–H groups in total. The highest BCUT2D eigenvalue weighted by Crippen LogP contribution is 2.45. The van der Waals surface area contributed by atoms with Crippen molar-refractivity contribution in [2.24, 2.45) is 0 Å². The average Bonchev–Trinajstić information content (AvgIpc) is 2.78. The topological polar surface area (TPSA) is 108 Å². The Bertz CT molecular complexity index is 1100. The van der Waals surface area contributed by atoms with Crippen molar-refractivity contribution in [3.63, 3.8) is 0 Å². The minimum atomic E-state index is -4.54. The minimum Gasteiger partial charge on any atom is -0.481 e. The van der Waals surface area contributed by atoms with Gasteiger partial charge in [0.1, 0.15) is 17.2 Å². The van der Waals surface area contributed by atoms with E-state index in [4.69, 9.17) is 13.8 Å². The van der Waals surface area contributed by atoms with Crippen molar-refractivity contribution in [3.8, 4) is 17.2 Å². The number of hydrogen-bond acceptors (Lipinski definition) is 7. The van der Waals surface area contributed by atoms with Crippen LogP contribution in [0.1, 0.15) is 15.9 Å². The normalized spacial score (nSPS) is 12.3. The van der Waals surface area contributed by atoms with Crippen LogP contribution < -0.4 is 13.8 Å². The minimum absolute atomic E-state index is 0.0346. The Morgan fingerprint density at radius 2 is 1.48 bits per heavy atom. The Labute approximate surface area is 178 Å². The third-order valence-corrected chi connectivity index (χ3v) is 4.87. The number of phosphoric ester groups is 1. The highest BCUT2D eigenvalue weighted by molar-refractivity contribution is 7.48. The number of methoxy groups -OCH3 is 1. The SMILES string of the molecule is COC(=O)COc1ccc(OP(=O)(O)Oc2ccccc2)cc1C(=O)c1ccccc1. The first-order valence-corrected chi connectivity index (χ1v) is 10.6. The van der Waals surface area contributed by atoms with Crippen molar-refractivity contribution < 1.29 is 37.6 Å². The van der Waals surface area contributed by atoms with E-state index in [1.165, 1.54) is 37.4 Å². The molecule has 8 nitrogen and oxygen atoms in total. The molecule has 160 valence electrons. The van der Waals surface area contributed by atoms with E-state index >= 15 is 0 Å². The standard InChI is InChI=1S/C22H19O8P/c1-27-21(23)15-28-20-13-12-18(14-19(20)22(24)16-8-4-2-5-9-16)30-31(25,26)29-17-10-6-3-7-11-17/h2-14H,15H2,1H3,(H,25,26). The maximum Gasteiger partial charge on any atom is 0.584 e. The molecular weight excluding hydrogens is 423 g/mol. The van der Waals surface area contributed by atoms with Gasteiger partial charge in [-0.3, -0.25) is 9.69 Å². The lowest BCUT2D eigenvalue weighted by Gasteiger charge is -2.16. The first-order chi connectivity index (χ1) is 14.9. The molecule has 0 spiro atoms. The number of ether oxygens (including phenoxy) is 2. The monoisotopic (exact) mass is 442 g/mol. The summed E-state index contributed by atoms with van der Waals surface area (Å²) in [6.07, 6.45) is 0. The molecule has 0 saturated heterocycles. The number of carbonyl (C=O) groups excluding carboxylic acids is 2. The molecule has 3 rings (SSSR count). The molecule has 1 unspecified atom stereocenters. The molecule has 31 heavy (non-hydrogen) atoms. The van der Waals surface area contributed by atoms with Gasteiger partial charge in [-0.1, -0.05) is 48.5 Å². The molecule has 0 saturated carbocycles. The van der Waals surface area contributed by atoms with Gasteiger partial charge in [0, 0.05) is 5.56 Å². The molecule has 0 fully saturated rings. The van der Waals surface area contributed by atoms with E-state index in [9.17, 15) is 19.0 Å². The molecule has 0 heterocycles. The summed E-state index contributed by atoms with van der Waals surface area (Å²) >= 11 is 0. The van der Waals surface area contributed by atoms with E-state index in [1.54, 1.807) is 48.5 Å². The third kappa shape index (κ3) is 6.18. The first kappa shape index (κ1) is 22.1. The van der Waals surface area contributed by atoms with Crippen molar-refractivity contribution in [1.29, 1.82) is 0 Å². The molecule has 0 bridgehead atoms. The summed E-state index contributed by atoms with van der Waals surface area (Å²) in [5.74, 6) is -0.918. The highest BCUT2D eigenvalue weighted by Gasteiger charge is 2.26. The van der Waals surface area contributed by atoms with Crippen LogP contribution in [0.5, 0.6) is 17.2 Å². The van der Waals surface area contributed by atoms with Gasteiger partial charge in [0.15, 0.2) is 12.4 Å². The van der Waals surface area contributed by atoms with Crippen LogP contribution in [-0.2, 0) is 14.1 Å². The summed E-state index contributed by atoms with van der Waals surface area (Å²) in [4.78, 5) is 34.5. The molecule has 9 heteroatoms. The van der Waals surface area contributed by atoms with Gasteiger partial charge in [0.25, 0.3) is 0 Å². The Morgan fingerprint density at radius 1 is 0.871 bits per heavy atom. The molecule has 0 radical (unpaired) electrons. The summed E-state index contributed by atoms with van der Waals surface area (Å²) in [5.41, 5.74) is 0.391. The van der Waals surface area contributed by atoms with Crippen LogP contribution in [0.25, 0.3) is 0 Å². The summed E-state index contributed by atoms with van der Waals surface area (Å²) < 4.78 is 32.5. The Balaban J connectivity index is 1.88. The largest absolute Gasteiger partial charge is 0.584 e. The zero-order valence-corrected chi connectivity index (χ0v) is 17.4. The number of hydrogen-bond donors (Lipinski definition) is 1. The van der Waals surface area contributed by atoms with Gasteiger partial charge in [-0.15, -0.1) is 0 Å². The number of ketones is 1. The van der Waals surface area contributed by atoms with Crippen molar-refractivity contribution in [3.05, 3.63) is 90.0 Å². The molecule has 0 aliphatic heterocycles. The van der Waals surface area contributed by atoms with Gasteiger partial charge in [-0.25, -0.2) is 9.36 Å².